The zero-order valence-electron chi connectivity index (χ0n) is 23.4. The molecule has 1 unspecified atom stereocenters. The second-order valence-corrected chi connectivity index (χ2v) is 11.1. The number of thiophene rings is 1. The SMILES string of the molecule is CCC(OC(=O)c1ccc2nc(-c3ccc(OC)cc3)[nH]c2c1)C(=O)Nc1sc2c(c1C(=O)OC)CCCCCC2. The van der Waals surface area contributed by atoms with Crippen LogP contribution in [0.5, 0.6) is 5.75 Å². The summed E-state index contributed by atoms with van der Waals surface area (Å²) in [5, 5.41) is 3.32. The molecule has 1 atom stereocenters. The number of ether oxygens (including phenoxy) is 3. The predicted octanol–water partition coefficient (Wildman–Crippen LogP) is 6.32. The smallest absolute Gasteiger partial charge is 0.341 e. The molecule has 0 saturated heterocycles. The first kappa shape index (κ1) is 28.4. The van der Waals surface area contributed by atoms with Crippen molar-refractivity contribution in [2.45, 2.75) is 58.0 Å². The molecule has 41 heavy (non-hydrogen) atoms. The van der Waals surface area contributed by atoms with E-state index < -0.39 is 23.9 Å². The van der Waals surface area contributed by atoms with Crippen molar-refractivity contribution >= 4 is 45.2 Å². The van der Waals surface area contributed by atoms with Gasteiger partial charge in [-0.15, -0.1) is 11.3 Å². The maximum absolute atomic E-state index is 13.3. The summed E-state index contributed by atoms with van der Waals surface area (Å²) in [6.45, 7) is 1.77. The number of anilines is 1. The predicted molar refractivity (Wildman–Crippen MR) is 158 cm³/mol. The summed E-state index contributed by atoms with van der Waals surface area (Å²) in [5.41, 5.74) is 3.91. The molecule has 2 aromatic carbocycles. The Morgan fingerprint density at radius 1 is 1.00 bits per heavy atom. The van der Waals surface area contributed by atoms with Crippen LogP contribution in [0.4, 0.5) is 5.00 Å². The average Bonchev–Trinajstić information content (AvgIpc) is 3.55. The number of rotatable bonds is 8. The first-order valence-electron chi connectivity index (χ1n) is 13.8. The molecule has 0 bridgehead atoms. The second kappa shape index (κ2) is 12.6. The number of aryl methyl sites for hydroxylation is 1. The molecular weight excluding hydrogens is 542 g/mol. The van der Waals surface area contributed by atoms with Gasteiger partial charge in [0, 0.05) is 10.4 Å². The molecule has 2 aromatic heterocycles. The fraction of sp³-hybridized carbons (Fsp3) is 0.355. The maximum atomic E-state index is 13.3. The first-order chi connectivity index (χ1) is 19.9. The lowest BCUT2D eigenvalue weighted by molar-refractivity contribution is -0.124. The number of nitrogens with zero attached hydrogens (tertiary/aromatic N) is 1. The zero-order valence-corrected chi connectivity index (χ0v) is 24.2. The topological polar surface area (TPSA) is 120 Å². The van der Waals surface area contributed by atoms with Crippen LogP contribution in [-0.4, -0.2) is 48.1 Å². The van der Waals surface area contributed by atoms with E-state index in [0.717, 1.165) is 60.3 Å². The number of hydrogen-bond acceptors (Lipinski definition) is 8. The van der Waals surface area contributed by atoms with Crippen molar-refractivity contribution < 1.29 is 28.6 Å². The molecule has 1 amide bonds. The number of carbonyl (C=O) groups is 3. The fourth-order valence-corrected chi connectivity index (χ4v) is 6.34. The second-order valence-electron chi connectivity index (χ2n) is 9.95. The van der Waals surface area contributed by atoms with Gasteiger partial charge in [0.1, 0.15) is 16.6 Å². The van der Waals surface area contributed by atoms with Crippen molar-refractivity contribution in [3.8, 4) is 17.1 Å². The standard InChI is InChI=1S/C31H33N3O6S/c1-4-24(28(35)34-29-26(31(37)39-3)21-9-7-5-6-8-10-25(21)41-29)40-30(36)19-13-16-22-23(17-19)33-27(32-22)18-11-14-20(38-2)15-12-18/h11-17,24H,4-10H2,1-3H3,(H,32,33)(H,34,35). The number of benzene rings is 2. The Hall–Kier alpha value is -4.18. The molecule has 0 aliphatic heterocycles. The van der Waals surface area contributed by atoms with Gasteiger partial charge >= 0.3 is 11.9 Å². The minimum absolute atomic E-state index is 0.268. The summed E-state index contributed by atoms with van der Waals surface area (Å²) in [6, 6.07) is 12.5. The van der Waals surface area contributed by atoms with Gasteiger partial charge in [-0.1, -0.05) is 19.8 Å². The van der Waals surface area contributed by atoms with Gasteiger partial charge in [-0.05, 0) is 80.1 Å². The minimum atomic E-state index is -1.04. The zero-order chi connectivity index (χ0) is 28.9. The Kier molecular flexibility index (Phi) is 8.68. The lowest BCUT2D eigenvalue weighted by Crippen LogP contribution is -2.32. The highest BCUT2D eigenvalue weighted by Gasteiger charge is 2.29. The van der Waals surface area contributed by atoms with Crippen molar-refractivity contribution in [3.63, 3.8) is 0 Å². The van der Waals surface area contributed by atoms with Gasteiger partial charge in [0.05, 0.1) is 36.4 Å². The van der Waals surface area contributed by atoms with E-state index in [2.05, 4.69) is 15.3 Å². The van der Waals surface area contributed by atoms with Gasteiger partial charge in [-0.25, -0.2) is 14.6 Å². The van der Waals surface area contributed by atoms with E-state index in [0.29, 0.717) is 33.0 Å². The van der Waals surface area contributed by atoms with Gasteiger partial charge in [0.2, 0.25) is 0 Å². The number of esters is 2. The van der Waals surface area contributed by atoms with Crippen LogP contribution < -0.4 is 10.1 Å². The van der Waals surface area contributed by atoms with E-state index in [1.165, 1.54) is 18.4 Å². The van der Waals surface area contributed by atoms with E-state index in [1.54, 1.807) is 32.2 Å². The van der Waals surface area contributed by atoms with Crippen LogP contribution in [0.1, 0.15) is 70.2 Å². The lowest BCUT2D eigenvalue weighted by Gasteiger charge is -2.16. The summed E-state index contributed by atoms with van der Waals surface area (Å²) in [6.07, 6.45) is 5.15. The van der Waals surface area contributed by atoms with Crippen molar-refractivity contribution in [3.05, 3.63) is 64.0 Å². The highest BCUT2D eigenvalue weighted by molar-refractivity contribution is 7.17. The van der Waals surface area contributed by atoms with Crippen LogP contribution >= 0.6 is 11.3 Å². The Morgan fingerprint density at radius 3 is 2.46 bits per heavy atom. The molecule has 1 aliphatic carbocycles. The Labute approximate surface area is 242 Å². The summed E-state index contributed by atoms with van der Waals surface area (Å²) in [7, 11) is 2.95. The first-order valence-corrected chi connectivity index (χ1v) is 14.6. The number of carbonyl (C=O) groups excluding carboxylic acids is 3. The molecule has 4 aromatic rings. The molecule has 214 valence electrons. The Bertz CT molecular complexity index is 1570. The molecular formula is C31H33N3O6S. The quantitative estimate of drug-likeness (QED) is 0.236. The summed E-state index contributed by atoms with van der Waals surface area (Å²) in [4.78, 5) is 48.0. The molecule has 2 N–H and O–H groups in total. The van der Waals surface area contributed by atoms with Crippen molar-refractivity contribution in [1.82, 2.24) is 9.97 Å². The highest BCUT2D eigenvalue weighted by Crippen LogP contribution is 2.38. The Morgan fingerprint density at radius 2 is 1.76 bits per heavy atom. The van der Waals surface area contributed by atoms with Gasteiger partial charge in [0.15, 0.2) is 6.10 Å². The third-order valence-corrected chi connectivity index (χ3v) is 8.50. The summed E-state index contributed by atoms with van der Waals surface area (Å²) in [5.74, 6) is -0.169. The van der Waals surface area contributed by atoms with Gasteiger partial charge in [0.25, 0.3) is 5.91 Å². The summed E-state index contributed by atoms with van der Waals surface area (Å²) < 4.78 is 15.9. The number of H-pyrrole nitrogens is 1. The molecule has 0 radical (unpaired) electrons. The molecule has 2 heterocycles. The van der Waals surface area contributed by atoms with E-state index in [-0.39, 0.29) is 6.42 Å². The van der Waals surface area contributed by atoms with Crippen LogP contribution in [0.2, 0.25) is 0 Å². The number of aromatic nitrogens is 2. The molecule has 9 nitrogen and oxygen atoms in total. The number of fused-ring (bicyclic) bond motifs is 2. The third kappa shape index (κ3) is 6.12. The minimum Gasteiger partial charge on any atom is -0.497 e. The van der Waals surface area contributed by atoms with Gasteiger partial charge in [-0.2, -0.15) is 0 Å². The maximum Gasteiger partial charge on any atom is 0.341 e. The van der Waals surface area contributed by atoms with Gasteiger partial charge in [-0.3, -0.25) is 4.79 Å². The Balaban J connectivity index is 1.32. The van der Waals surface area contributed by atoms with E-state index in [1.807, 2.05) is 24.3 Å². The third-order valence-electron chi connectivity index (χ3n) is 7.29. The van der Waals surface area contributed by atoms with Crippen molar-refractivity contribution in [1.29, 1.82) is 0 Å². The van der Waals surface area contributed by atoms with Crippen LogP contribution in [0.3, 0.4) is 0 Å². The van der Waals surface area contributed by atoms with Crippen LogP contribution in [0, 0.1) is 0 Å². The number of nitrogens with one attached hydrogen (secondary N) is 2. The molecule has 5 rings (SSSR count). The monoisotopic (exact) mass is 575 g/mol. The van der Waals surface area contributed by atoms with E-state index >= 15 is 0 Å². The van der Waals surface area contributed by atoms with Crippen molar-refractivity contribution in [2.75, 3.05) is 19.5 Å². The normalized spacial score (nSPS) is 13.9. The highest BCUT2D eigenvalue weighted by atomic mass is 32.1. The number of aromatic amines is 1. The van der Waals surface area contributed by atoms with Crippen LogP contribution in [-0.2, 0) is 27.1 Å². The lowest BCUT2D eigenvalue weighted by atomic mass is 9.96. The summed E-state index contributed by atoms with van der Waals surface area (Å²) >= 11 is 1.41. The molecule has 0 fully saturated rings. The average molecular weight is 576 g/mol. The van der Waals surface area contributed by atoms with Crippen molar-refractivity contribution in [2.24, 2.45) is 0 Å². The fourth-order valence-electron chi connectivity index (χ4n) is 5.06. The molecule has 0 saturated carbocycles. The molecule has 0 spiro atoms. The molecule has 1 aliphatic rings. The number of methoxy groups -OCH3 is 2. The van der Waals surface area contributed by atoms with E-state index in [9.17, 15) is 14.4 Å². The van der Waals surface area contributed by atoms with Gasteiger partial charge < -0.3 is 24.5 Å². The number of amides is 1. The van der Waals surface area contributed by atoms with E-state index in [4.69, 9.17) is 14.2 Å². The van der Waals surface area contributed by atoms with Crippen LogP contribution in [0.25, 0.3) is 22.4 Å². The largest absolute Gasteiger partial charge is 0.497 e. The van der Waals surface area contributed by atoms with Crippen LogP contribution in [0.15, 0.2) is 42.5 Å². The number of hydrogen-bond donors (Lipinski definition) is 2. The number of imidazole rings is 1. The molecule has 10 heteroatoms.